The van der Waals surface area contributed by atoms with Crippen LogP contribution < -0.4 is 5.32 Å². The summed E-state index contributed by atoms with van der Waals surface area (Å²) < 4.78 is 27.9. The van der Waals surface area contributed by atoms with E-state index in [4.69, 9.17) is 11.6 Å². The van der Waals surface area contributed by atoms with E-state index in [0.717, 1.165) is 16.0 Å². The number of halogens is 1. The first kappa shape index (κ1) is 25.3. The van der Waals surface area contributed by atoms with Crippen molar-refractivity contribution in [1.29, 1.82) is 0 Å². The number of thioether (sulfide) groups is 1. The van der Waals surface area contributed by atoms with Crippen molar-refractivity contribution in [1.82, 2.24) is 9.62 Å². The Morgan fingerprint density at radius 3 is 2.24 bits per heavy atom. The van der Waals surface area contributed by atoms with Crippen LogP contribution in [0.2, 0.25) is 5.02 Å². The van der Waals surface area contributed by atoms with Gasteiger partial charge in [-0.2, -0.15) is 4.31 Å². The molecule has 1 amide bonds. The number of hydrogen-bond donors (Lipinski definition) is 1. The summed E-state index contributed by atoms with van der Waals surface area (Å²) in [7, 11) is -3.88. The SMILES string of the molecule is CSc1ccc(C(C)NC(=O)CN(CCc2ccccc2)S(=O)(=O)c2ccc(Cl)cc2)cc1. The van der Waals surface area contributed by atoms with Crippen molar-refractivity contribution < 1.29 is 13.2 Å². The zero-order valence-corrected chi connectivity index (χ0v) is 21.0. The second-order valence-electron chi connectivity index (χ2n) is 7.59. The lowest BCUT2D eigenvalue weighted by molar-refractivity contribution is -0.121. The van der Waals surface area contributed by atoms with Crippen LogP contribution in [-0.2, 0) is 21.2 Å². The number of benzene rings is 3. The molecule has 0 saturated heterocycles. The summed E-state index contributed by atoms with van der Waals surface area (Å²) >= 11 is 7.58. The highest BCUT2D eigenvalue weighted by Crippen LogP contribution is 2.21. The molecule has 0 saturated carbocycles. The highest BCUT2D eigenvalue weighted by atomic mass is 35.5. The average Bonchev–Trinajstić information content (AvgIpc) is 2.82. The van der Waals surface area contributed by atoms with Crippen molar-refractivity contribution in [3.8, 4) is 0 Å². The summed E-state index contributed by atoms with van der Waals surface area (Å²) in [5.74, 6) is -0.359. The summed E-state index contributed by atoms with van der Waals surface area (Å²) in [6.45, 7) is 1.79. The van der Waals surface area contributed by atoms with Crippen molar-refractivity contribution in [3.63, 3.8) is 0 Å². The van der Waals surface area contributed by atoms with Gasteiger partial charge in [-0.25, -0.2) is 8.42 Å². The molecule has 33 heavy (non-hydrogen) atoms. The molecule has 0 bridgehead atoms. The molecule has 0 heterocycles. The van der Waals surface area contributed by atoms with E-state index in [-0.39, 0.29) is 29.9 Å². The molecule has 1 atom stereocenters. The third-order valence-electron chi connectivity index (χ3n) is 5.26. The fourth-order valence-corrected chi connectivity index (χ4v) is 5.29. The standard InChI is InChI=1S/C25H27ClN2O3S2/c1-19(21-8-12-23(32-2)13-9-21)27-25(29)18-28(17-16-20-6-4-3-5-7-20)33(30,31)24-14-10-22(26)11-15-24/h3-15,19H,16-18H2,1-2H3,(H,27,29). The molecule has 0 aromatic heterocycles. The molecule has 5 nitrogen and oxygen atoms in total. The number of hydrogen-bond acceptors (Lipinski definition) is 4. The van der Waals surface area contributed by atoms with E-state index >= 15 is 0 Å². The van der Waals surface area contributed by atoms with Crippen molar-refractivity contribution in [2.24, 2.45) is 0 Å². The van der Waals surface area contributed by atoms with E-state index in [1.807, 2.05) is 67.8 Å². The predicted octanol–water partition coefficient (Wildman–Crippen LogP) is 5.17. The first-order valence-corrected chi connectivity index (χ1v) is 13.6. The fourth-order valence-electron chi connectivity index (χ4n) is 3.36. The Kier molecular flexibility index (Phi) is 8.97. The van der Waals surface area contributed by atoms with Crippen LogP contribution in [0.15, 0.2) is 88.7 Å². The van der Waals surface area contributed by atoms with Gasteiger partial charge in [0.2, 0.25) is 15.9 Å². The molecule has 3 aromatic carbocycles. The van der Waals surface area contributed by atoms with E-state index in [1.54, 1.807) is 11.8 Å². The minimum absolute atomic E-state index is 0.105. The maximum atomic E-state index is 13.3. The first-order chi connectivity index (χ1) is 15.8. The molecule has 0 spiro atoms. The van der Waals surface area contributed by atoms with Crippen LogP contribution in [0.4, 0.5) is 0 Å². The lowest BCUT2D eigenvalue weighted by Crippen LogP contribution is -2.42. The molecule has 1 N–H and O–H groups in total. The number of carbonyl (C=O) groups excluding carboxylic acids is 1. The Morgan fingerprint density at radius 1 is 1.00 bits per heavy atom. The summed E-state index contributed by atoms with van der Waals surface area (Å²) in [4.78, 5) is 14.1. The molecular weight excluding hydrogens is 476 g/mol. The first-order valence-electron chi connectivity index (χ1n) is 10.5. The van der Waals surface area contributed by atoms with Gasteiger partial charge in [0.05, 0.1) is 17.5 Å². The third-order valence-corrected chi connectivity index (χ3v) is 8.11. The van der Waals surface area contributed by atoms with Crippen LogP contribution in [0.3, 0.4) is 0 Å². The monoisotopic (exact) mass is 502 g/mol. The van der Waals surface area contributed by atoms with Crippen molar-refractivity contribution in [2.75, 3.05) is 19.3 Å². The Labute approximate surface area is 205 Å². The Balaban J connectivity index is 1.75. The van der Waals surface area contributed by atoms with E-state index in [1.165, 1.54) is 28.6 Å². The van der Waals surface area contributed by atoms with Crippen LogP contribution in [0.1, 0.15) is 24.1 Å². The molecule has 1 unspecified atom stereocenters. The van der Waals surface area contributed by atoms with Gasteiger partial charge in [0.25, 0.3) is 0 Å². The molecule has 174 valence electrons. The molecule has 0 aliphatic rings. The van der Waals surface area contributed by atoms with Gasteiger partial charge in [-0.3, -0.25) is 4.79 Å². The van der Waals surface area contributed by atoms with Crippen LogP contribution in [0.5, 0.6) is 0 Å². The topological polar surface area (TPSA) is 66.5 Å². The van der Waals surface area contributed by atoms with Gasteiger partial charge in [-0.15, -0.1) is 11.8 Å². The van der Waals surface area contributed by atoms with Crippen molar-refractivity contribution in [2.45, 2.75) is 29.2 Å². The lowest BCUT2D eigenvalue weighted by Gasteiger charge is -2.23. The molecule has 0 aliphatic carbocycles. The van der Waals surface area contributed by atoms with E-state index in [9.17, 15) is 13.2 Å². The van der Waals surface area contributed by atoms with Gasteiger partial charge >= 0.3 is 0 Å². The maximum Gasteiger partial charge on any atom is 0.243 e. The van der Waals surface area contributed by atoms with Crippen LogP contribution in [0, 0.1) is 0 Å². The Hall–Kier alpha value is -2.32. The number of carbonyl (C=O) groups is 1. The zero-order valence-electron chi connectivity index (χ0n) is 18.6. The van der Waals surface area contributed by atoms with Crippen LogP contribution in [-0.4, -0.2) is 38.0 Å². The summed E-state index contributed by atoms with van der Waals surface area (Å²) in [5.41, 5.74) is 1.95. The minimum Gasteiger partial charge on any atom is -0.348 e. The summed E-state index contributed by atoms with van der Waals surface area (Å²) in [6.07, 6.45) is 2.50. The number of rotatable bonds is 10. The highest BCUT2D eigenvalue weighted by Gasteiger charge is 2.27. The van der Waals surface area contributed by atoms with Gasteiger partial charge < -0.3 is 5.32 Å². The number of nitrogens with one attached hydrogen (secondary N) is 1. The molecule has 3 rings (SSSR count). The quantitative estimate of drug-likeness (QED) is 0.388. The largest absolute Gasteiger partial charge is 0.348 e. The predicted molar refractivity (Wildman–Crippen MR) is 135 cm³/mol. The molecule has 3 aromatic rings. The zero-order chi connectivity index (χ0) is 23.8. The molecule has 0 fully saturated rings. The van der Waals surface area contributed by atoms with E-state index in [0.29, 0.717) is 11.4 Å². The van der Waals surface area contributed by atoms with Crippen LogP contribution in [0.25, 0.3) is 0 Å². The number of amides is 1. The van der Waals surface area contributed by atoms with Crippen molar-refractivity contribution in [3.05, 3.63) is 95.0 Å². The second-order valence-corrected chi connectivity index (χ2v) is 10.8. The number of nitrogens with zero attached hydrogens (tertiary/aromatic N) is 1. The molecule has 0 aliphatic heterocycles. The smallest absolute Gasteiger partial charge is 0.243 e. The Morgan fingerprint density at radius 2 is 1.64 bits per heavy atom. The molecular formula is C25H27ClN2O3S2. The minimum atomic E-state index is -3.88. The van der Waals surface area contributed by atoms with E-state index in [2.05, 4.69) is 5.32 Å². The summed E-state index contributed by atoms with van der Waals surface area (Å²) in [6, 6.07) is 23.3. The summed E-state index contributed by atoms with van der Waals surface area (Å²) in [5, 5.41) is 3.37. The maximum absolute atomic E-state index is 13.3. The van der Waals surface area contributed by atoms with Crippen molar-refractivity contribution >= 4 is 39.3 Å². The van der Waals surface area contributed by atoms with E-state index < -0.39 is 10.0 Å². The van der Waals surface area contributed by atoms with Gasteiger partial charge in [0.1, 0.15) is 0 Å². The average molecular weight is 503 g/mol. The third kappa shape index (κ3) is 7.08. The van der Waals surface area contributed by atoms with Gasteiger partial charge in [0, 0.05) is 16.5 Å². The fraction of sp³-hybridized carbons (Fsp3) is 0.240. The second kappa shape index (κ2) is 11.7. The van der Waals surface area contributed by atoms with Gasteiger partial charge in [-0.05, 0) is 67.1 Å². The van der Waals surface area contributed by atoms with Gasteiger partial charge in [0.15, 0.2) is 0 Å². The lowest BCUT2D eigenvalue weighted by atomic mass is 10.1. The highest BCUT2D eigenvalue weighted by molar-refractivity contribution is 7.98. The normalized spacial score (nSPS) is 12.5. The van der Waals surface area contributed by atoms with Gasteiger partial charge in [-0.1, -0.05) is 54.1 Å². The van der Waals surface area contributed by atoms with Crippen LogP contribution >= 0.6 is 23.4 Å². The molecule has 8 heteroatoms. The number of sulfonamides is 1. The Bertz CT molecular complexity index is 1150. The molecule has 0 radical (unpaired) electrons.